The van der Waals surface area contributed by atoms with Crippen molar-refractivity contribution in [3.05, 3.63) is 71.4 Å². The normalized spacial score (nSPS) is 17.0. The van der Waals surface area contributed by atoms with Gasteiger partial charge in [0, 0.05) is 29.2 Å². The summed E-state index contributed by atoms with van der Waals surface area (Å²) >= 11 is 5.89. The van der Waals surface area contributed by atoms with Crippen molar-refractivity contribution < 1.29 is 4.79 Å². The van der Waals surface area contributed by atoms with Gasteiger partial charge in [0.2, 0.25) is 0 Å². The Bertz CT molecular complexity index is 876. The van der Waals surface area contributed by atoms with Crippen molar-refractivity contribution in [2.45, 2.75) is 12.5 Å². The number of amides is 1. The lowest BCUT2D eigenvalue weighted by Gasteiger charge is -2.16. The first-order valence-electron chi connectivity index (χ1n) is 8.23. The zero-order chi connectivity index (χ0) is 17.2. The number of benzene rings is 2. The van der Waals surface area contributed by atoms with Crippen LogP contribution in [0.2, 0.25) is 5.02 Å². The first-order valence-corrected chi connectivity index (χ1v) is 8.60. The second-order valence-electron chi connectivity index (χ2n) is 6.15. The molecule has 0 spiro atoms. The van der Waals surface area contributed by atoms with E-state index in [2.05, 4.69) is 10.3 Å². The summed E-state index contributed by atoms with van der Waals surface area (Å²) < 4.78 is 1.87. The number of hydrogen-bond donors (Lipinski definition) is 0. The van der Waals surface area contributed by atoms with Crippen LogP contribution in [-0.4, -0.2) is 38.9 Å². The van der Waals surface area contributed by atoms with Gasteiger partial charge in [-0.05, 0) is 30.7 Å². The van der Waals surface area contributed by atoms with Crippen LogP contribution in [-0.2, 0) is 0 Å². The Hall–Kier alpha value is -2.66. The number of aromatic nitrogens is 3. The van der Waals surface area contributed by atoms with Gasteiger partial charge in [0.25, 0.3) is 5.91 Å². The molecule has 1 aliphatic heterocycles. The Morgan fingerprint density at radius 2 is 1.84 bits per heavy atom. The fourth-order valence-electron chi connectivity index (χ4n) is 3.11. The largest absolute Gasteiger partial charge is 0.336 e. The molecule has 1 aliphatic rings. The molecule has 0 saturated carbocycles. The van der Waals surface area contributed by atoms with Crippen LogP contribution in [0.15, 0.2) is 60.8 Å². The number of halogens is 1. The predicted molar refractivity (Wildman–Crippen MR) is 96.5 cm³/mol. The second kappa shape index (κ2) is 6.69. The van der Waals surface area contributed by atoms with E-state index in [-0.39, 0.29) is 11.9 Å². The Kier molecular flexibility index (Phi) is 4.24. The third kappa shape index (κ3) is 3.28. The third-order valence-corrected chi connectivity index (χ3v) is 4.75. The number of carbonyl (C=O) groups excluding carboxylic acids is 1. The number of likely N-dealkylation sites (tertiary alicyclic amines) is 1. The molecule has 1 saturated heterocycles. The van der Waals surface area contributed by atoms with Crippen LogP contribution in [0, 0.1) is 0 Å². The van der Waals surface area contributed by atoms with E-state index in [4.69, 9.17) is 11.6 Å². The van der Waals surface area contributed by atoms with E-state index in [9.17, 15) is 4.79 Å². The van der Waals surface area contributed by atoms with Gasteiger partial charge in [-0.15, -0.1) is 5.10 Å². The summed E-state index contributed by atoms with van der Waals surface area (Å²) in [6.45, 7) is 1.35. The first-order chi connectivity index (χ1) is 12.2. The molecule has 1 unspecified atom stereocenters. The minimum atomic E-state index is 0.0302. The van der Waals surface area contributed by atoms with Gasteiger partial charge in [-0.1, -0.05) is 47.1 Å². The molecule has 4 rings (SSSR count). The smallest absolute Gasteiger partial charge is 0.253 e. The Morgan fingerprint density at radius 3 is 2.60 bits per heavy atom. The summed E-state index contributed by atoms with van der Waals surface area (Å²) in [5, 5.41) is 9.16. The van der Waals surface area contributed by atoms with Gasteiger partial charge in [0.05, 0.1) is 12.2 Å². The third-order valence-electron chi connectivity index (χ3n) is 4.50. The Labute approximate surface area is 150 Å². The number of carbonyl (C=O) groups is 1. The molecular weight excluding hydrogens is 336 g/mol. The number of hydrogen-bond acceptors (Lipinski definition) is 3. The lowest BCUT2D eigenvalue weighted by atomic mass is 10.2. The van der Waals surface area contributed by atoms with E-state index in [1.165, 1.54) is 0 Å². The van der Waals surface area contributed by atoms with E-state index in [1.807, 2.05) is 46.1 Å². The molecule has 6 heteroatoms. The first kappa shape index (κ1) is 15.8. The van der Waals surface area contributed by atoms with Crippen LogP contribution in [0.1, 0.15) is 22.8 Å². The Morgan fingerprint density at radius 1 is 1.08 bits per heavy atom. The van der Waals surface area contributed by atoms with Crippen LogP contribution in [0.3, 0.4) is 0 Å². The maximum absolute atomic E-state index is 12.6. The maximum atomic E-state index is 12.6. The molecule has 126 valence electrons. The van der Waals surface area contributed by atoms with Crippen molar-refractivity contribution in [1.82, 2.24) is 19.9 Å². The number of rotatable bonds is 3. The number of nitrogens with zero attached hydrogens (tertiary/aromatic N) is 4. The van der Waals surface area contributed by atoms with Crippen molar-refractivity contribution in [3.8, 4) is 11.3 Å². The molecule has 2 aromatic carbocycles. The molecule has 5 nitrogen and oxygen atoms in total. The lowest BCUT2D eigenvalue weighted by molar-refractivity contribution is 0.0787. The highest BCUT2D eigenvalue weighted by Gasteiger charge is 2.28. The molecule has 0 radical (unpaired) electrons. The SMILES string of the molecule is O=C(c1ccc(Cl)cc1)N1CCC(n2cc(-c3ccccc3)nn2)C1. The van der Waals surface area contributed by atoms with Gasteiger partial charge >= 0.3 is 0 Å². The van der Waals surface area contributed by atoms with E-state index >= 15 is 0 Å². The fourth-order valence-corrected chi connectivity index (χ4v) is 3.24. The predicted octanol–water partition coefficient (Wildman–Crippen LogP) is 3.69. The average molecular weight is 353 g/mol. The summed E-state index contributed by atoms with van der Waals surface area (Å²) in [7, 11) is 0. The molecule has 0 bridgehead atoms. The molecular formula is C19H17ClN4O. The van der Waals surface area contributed by atoms with Crippen LogP contribution in [0.5, 0.6) is 0 Å². The summed E-state index contributed by atoms with van der Waals surface area (Å²) in [5.41, 5.74) is 2.55. The van der Waals surface area contributed by atoms with Crippen molar-refractivity contribution in [1.29, 1.82) is 0 Å². The molecule has 1 aromatic heterocycles. The van der Waals surface area contributed by atoms with Gasteiger partial charge in [0.1, 0.15) is 5.69 Å². The van der Waals surface area contributed by atoms with Gasteiger partial charge in [-0.2, -0.15) is 0 Å². The van der Waals surface area contributed by atoms with E-state index in [1.54, 1.807) is 24.3 Å². The highest BCUT2D eigenvalue weighted by Crippen LogP contribution is 2.25. The minimum Gasteiger partial charge on any atom is -0.336 e. The van der Waals surface area contributed by atoms with E-state index in [0.717, 1.165) is 17.7 Å². The maximum Gasteiger partial charge on any atom is 0.253 e. The summed E-state index contributed by atoms with van der Waals surface area (Å²) in [4.78, 5) is 14.5. The average Bonchev–Trinajstić information content (AvgIpc) is 3.32. The van der Waals surface area contributed by atoms with Crippen LogP contribution >= 0.6 is 11.6 Å². The highest BCUT2D eigenvalue weighted by molar-refractivity contribution is 6.30. The van der Waals surface area contributed by atoms with Gasteiger partial charge in [0.15, 0.2) is 0 Å². The van der Waals surface area contributed by atoms with Crippen molar-refractivity contribution in [2.75, 3.05) is 13.1 Å². The molecule has 0 N–H and O–H groups in total. The van der Waals surface area contributed by atoms with Crippen molar-refractivity contribution in [2.24, 2.45) is 0 Å². The molecule has 1 atom stereocenters. The molecule has 2 heterocycles. The summed E-state index contributed by atoms with van der Waals surface area (Å²) in [6.07, 6.45) is 2.83. The van der Waals surface area contributed by atoms with Crippen LogP contribution in [0.25, 0.3) is 11.3 Å². The molecule has 3 aromatic rings. The molecule has 0 aliphatic carbocycles. The zero-order valence-electron chi connectivity index (χ0n) is 13.5. The van der Waals surface area contributed by atoms with Crippen LogP contribution in [0.4, 0.5) is 0 Å². The summed E-state index contributed by atoms with van der Waals surface area (Å²) in [6, 6.07) is 17.1. The second-order valence-corrected chi connectivity index (χ2v) is 6.59. The standard InChI is InChI=1S/C19H17ClN4O/c20-16-8-6-15(7-9-16)19(25)23-11-10-17(12-23)24-13-18(21-22-24)14-4-2-1-3-5-14/h1-9,13,17H,10-12H2. The highest BCUT2D eigenvalue weighted by atomic mass is 35.5. The molecule has 1 amide bonds. The quantitative estimate of drug-likeness (QED) is 0.722. The summed E-state index contributed by atoms with van der Waals surface area (Å²) in [5.74, 6) is 0.0302. The van der Waals surface area contributed by atoms with Crippen LogP contribution < -0.4 is 0 Å². The fraction of sp³-hybridized carbons (Fsp3) is 0.211. The lowest BCUT2D eigenvalue weighted by Crippen LogP contribution is -2.29. The monoisotopic (exact) mass is 352 g/mol. The Balaban J connectivity index is 1.47. The van der Waals surface area contributed by atoms with Gasteiger partial charge in [-0.25, -0.2) is 4.68 Å². The van der Waals surface area contributed by atoms with E-state index in [0.29, 0.717) is 23.7 Å². The van der Waals surface area contributed by atoms with Crippen molar-refractivity contribution in [3.63, 3.8) is 0 Å². The van der Waals surface area contributed by atoms with Gasteiger partial charge in [-0.3, -0.25) is 4.79 Å². The van der Waals surface area contributed by atoms with E-state index < -0.39 is 0 Å². The molecule has 25 heavy (non-hydrogen) atoms. The van der Waals surface area contributed by atoms with Gasteiger partial charge < -0.3 is 4.90 Å². The minimum absolute atomic E-state index is 0.0302. The van der Waals surface area contributed by atoms with Crippen molar-refractivity contribution >= 4 is 17.5 Å². The molecule has 1 fully saturated rings. The topological polar surface area (TPSA) is 51.0 Å². The zero-order valence-corrected chi connectivity index (χ0v) is 14.3.